The number of guanidine groups is 1. The largest absolute Gasteiger partial charge is 0.508 e. The summed E-state index contributed by atoms with van der Waals surface area (Å²) < 4.78 is 18.3. The maximum absolute atomic E-state index is 15.0. The summed E-state index contributed by atoms with van der Waals surface area (Å²) in [6.45, 7) is 3.68. The van der Waals surface area contributed by atoms with Crippen LogP contribution < -0.4 is 70.0 Å². The minimum Gasteiger partial charge on any atom is -0.508 e. The number of nitrogens with zero attached hydrogens (tertiary/aromatic N) is 3. The Kier molecular flexibility index (Phi) is 28.5. The molecule has 3 aliphatic rings. The summed E-state index contributed by atoms with van der Waals surface area (Å²) in [7, 11) is 0. The lowest BCUT2D eigenvalue weighted by atomic mass is 10.0. The van der Waals surface area contributed by atoms with E-state index in [1.54, 1.807) is 18.5 Å². The fourth-order valence-electron chi connectivity index (χ4n) is 10.8. The Labute approximate surface area is 547 Å². The molecule has 2 aromatic carbocycles. The Balaban J connectivity index is 1.03. The Bertz CT molecular complexity index is 3240. The topological polar surface area (TPSA) is 473 Å². The monoisotopic (exact) mass is 1330 g/mol. The second-order valence-corrected chi connectivity index (χ2v) is 24.6. The number of hydrogen-bond donors (Lipinski definition) is 16. The third-order valence-electron chi connectivity index (χ3n) is 15.9. The molecular formula is C61H88N18O14S. The van der Waals surface area contributed by atoms with Crippen LogP contribution in [0.3, 0.4) is 0 Å². The highest BCUT2D eigenvalue weighted by atomic mass is 32.2. The molecule has 7 rings (SSSR count). The lowest BCUT2D eigenvalue weighted by molar-refractivity contribution is -0.135. The first-order chi connectivity index (χ1) is 45.2. The maximum atomic E-state index is 15.0. The molecule has 33 heteroatoms. The van der Waals surface area contributed by atoms with E-state index in [-0.39, 0.29) is 126 Å². The Morgan fingerprint density at radius 1 is 0.702 bits per heavy atom. The molecule has 5 heterocycles. The van der Waals surface area contributed by atoms with E-state index in [1.165, 1.54) is 42.8 Å². The van der Waals surface area contributed by atoms with Crippen molar-refractivity contribution in [2.24, 2.45) is 11.5 Å². The molecule has 0 aliphatic carbocycles. The number of phenolic OH excluding ortho intramolecular Hbond substituents is 1. The zero-order chi connectivity index (χ0) is 67.5. The number of aromatic nitrogens is 4. The van der Waals surface area contributed by atoms with Crippen molar-refractivity contribution in [1.29, 1.82) is 5.41 Å². The molecule has 18 N–H and O–H groups in total. The highest BCUT2D eigenvalue weighted by Crippen LogP contribution is 2.33. The number of urea groups is 1. The minimum atomic E-state index is -1.48. The molecule has 2 fully saturated rings. The lowest BCUT2D eigenvalue weighted by Crippen LogP contribution is -2.60. The predicted molar refractivity (Wildman–Crippen MR) is 344 cm³/mol. The number of hydrogen-bond acceptors (Lipinski definition) is 18. The molecule has 0 saturated carbocycles. The van der Waals surface area contributed by atoms with Crippen molar-refractivity contribution in [2.75, 3.05) is 58.5 Å². The van der Waals surface area contributed by atoms with E-state index in [0.717, 1.165) is 35.9 Å². The molecule has 11 amide bonds. The summed E-state index contributed by atoms with van der Waals surface area (Å²) in [5, 5.41) is 57.4. The number of fused-ring (bicyclic) bond motifs is 4. The van der Waals surface area contributed by atoms with Gasteiger partial charge >= 0.3 is 6.03 Å². The Morgan fingerprint density at radius 3 is 2.12 bits per heavy atom. The standard InChI is InChI=1S/C61H88N18O14S/c1-35-54(84)68-36(2)55(85)71-43(53(62)83)12-7-8-22-79-32-39(77-78-79)30-47(70-51(82)33-93-27-26-92-25-24-91-23-21-65-50(81)15-6-5-14-49-52-48(34-94-49)75-61(90)76-52)59(89)74-46(29-38-31-67-42-11-4-3-10-41(38)42)58(88)73-45(28-37-16-18-40(80)19-17-37)57(87)72-44(56(86)69-35)13-9-20-66-60(63)64/h3-4,10-11,16-19,31-32,35-36,43-49,52,67,80H,5-9,12-15,20-30,33-34H2,1-2H3,(H2,62,83)(H,65,81)(H,68,84)(H,69,86)(H,70,82)(H,71,85)(H,72,87)(H,73,88)(H,74,89)(H4,63,64,66)(H2,75,76,90)/t35-,36-,43+,44-,45-,46-,47+,48-,49-,52-/m1/s1. The van der Waals surface area contributed by atoms with Crippen LogP contribution in [0.25, 0.3) is 10.9 Å². The van der Waals surface area contributed by atoms with Gasteiger partial charge in [0.05, 0.1) is 50.8 Å². The molecule has 2 aromatic heterocycles. The number of rotatable bonds is 26. The van der Waals surface area contributed by atoms with Crippen LogP contribution in [0, 0.1) is 5.41 Å². The predicted octanol–water partition coefficient (Wildman–Crippen LogP) is -2.25. The molecule has 4 aromatic rings. The third-order valence-corrected chi connectivity index (χ3v) is 17.4. The molecule has 2 saturated heterocycles. The van der Waals surface area contributed by atoms with Gasteiger partial charge in [0.2, 0.25) is 53.2 Å². The number of H-pyrrole nitrogens is 1. The number of aromatic amines is 1. The van der Waals surface area contributed by atoms with E-state index < -0.39 is 96.2 Å². The van der Waals surface area contributed by atoms with Crippen LogP contribution in [0.2, 0.25) is 0 Å². The number of nitrogens with one attached hydrogen (secondary N) is 13. The van der Waals surface area contributed by atoms with E-state index >= 15 is 4.79 Å². The zero-order valence-electron chi connectivity index (χ0n) is 52.8. The Morgan fingerprint density at radius 2 is 1.37 bits per heavy atom. The van der Waals surface area contributed by atoms with Gasteiger partial charge in [-0.15, -0.1) is 5.10 Å². The molecule has 94 heavy (non-hydrogen) atoms. The molecule has 512 valence electrons. The number of phenols is 1. The number of nitrogens with two attached hydrogens (primary N) is 2. The molecule has 0 unspecified atom stereocenters. The fourth-order valence-corrected chi connectivity index (χ4v) is 12.4. The number of primary amides is 1. The van der Waals surface area contributed by atoms with Gasteiger partial charge in [0.25, 0.3) is 0 Å². The lowest BCUT2D eigenvalue weighted by Gasteiger charge is -2.27. The van der Waals surface area contributed by atoms with Gasteiger partial charge in [-0.1, -0.05) is 42.0 Å². The summed E-state index contributed by atoms with van der Waals surface area (Å²) in [6, 6.07) is 3.94. The molecule has 32 nitrogen and oxygen atoms in total. The van der Waals surface area contributed by atoms with Gasteiger partial charge in [0, 0.05) is 79.6 Å². The zero-order valence-corrected chi connectivity index (χ0v) is 53.6. The van der Waals surface area contributed by atoms with Gasteiger partial charge in [-0.05, 0) is 88.1 Å². The van der Waals surface area contributed by atoms with Crippen molar-refractivity contribution >= 4 is 87.8 Å². The number of carbonyl (C=O) groups is 10. The van der Waals surface area contributed by atoms with E-state index in [0.29, 0.717) is 42.2 Å². The molecule has 0 radical (unpaired) electrons. The molecule has 3 aliphatic heterocycles. The molecule has 2 bridgehead atoms. The highest BCUT2D eigenvalue weighted by molar-refractivity contribution is 8.00. The average Bonchev–Trinajstić information content (AvgIpc) is 1.65. The number of ether oxygens (including phenoxy) is 3. The normalized spacial score (nSPS) is 23.6. The van der Waals surface area contributed by atoms with Crippen LogP contribution in [0.15, 0.2) is 60.9 Å². The van der Waals surface area contributed by atoms with E-state index in [2.05, 4.69) is 73.8 Å². The summed E-state index contributed by atoms with van der Waals surface area (Å²) in [5.74, 6) is -6.06. The first-order valence-electron chi connectivity index (χ1n) is 31.6. The molecule has 10 atom stereocenters. The van der Waals surface area contributed by atoms with Crippen LogP contribution >= 0.6 is 11.8 Å². The van der Waals surface area contributed by atoms with E-state index in [1.807, 2.05) is 30.0 Å². The maximum Gasteiger partial charge on any atom is 0.315 e. The Hall–Kier alpha value is -9.08. The van der Waals surface area contributed by atoms with Gasteiger partial charge in [-0.2, -0.15) is 11.8 Å². The number of benzene rings is 2. The SMILES string of the molecule is C[C@H]1NC(=O)[C@@H](C)NC(=O)[C@@H](CCCNC(=N)N)NC(=O)[C@@H](Cc2ccc(O)cc2)NC(=O)[C@@H](Cc2c[nH]c3ccccc23)NC(=O)[C@@H](NC(=O)COCCOCCOCCNC(=O)CCCC[C@H]2SC[C@H]3NC(=O)N[C@H]32)Cc2cn(nn2)CCCC[C@@H](C(N)=O)NC1=O. The number of thioether (sulfide) groups is 1. The van der Waals surface area contributed by atoms with Crippen molar-refractivity contribution in [2.45, 2.75) is 157 Å². The van der Waals surface area contributed by atoms with Crippen molar-refractivity contribution in [3.8, 4) is 5.75 Å². The van der Waals surface area contributed by atoms with Gasteiger partial charge in [-0.3, -0.25) is 53.2 Å². The smallest absolute Gasteiger partial charge is 0.315 e. The number of aryl methyl sites for hydroxylation is 1. The van der Waals surface area contributed by atoms with Crippen LogP contribution in [0.5, 0.6) is 5.75 Å². The van der Waals surface area contributed by atoms with Crippen LogP contribution in [-0.4, -0.2) is 208 Å². The summed E-state index contributed by atoms with van der Waals surface area (Å²) in [4.78, 5) is 139. The van der Waals surface area contributed by atoms with Gasteiger partial charge in [0.1, 0.15) is 54.6 Å². The van der Waals surface area contributed by atoms with Gasteiger partial charge in [-0.25, -0.2) is 4.79 Å². The summed E-state index contributed by atoms with van der Waals surface area (Å²) in [6.07, 6.45) is 6.54. The van der Waals surface area contributed by atoms with E-state index in [9.17, 15) is 48.3 Å². The van der Waals surface area contributed by atoms with Gasteiger partial charge < -0.3 is 94.3 Å². The quantitative estimate of drug-likeness (QED) is 0.0137. The first kappa shape index (κ1) is 72.3. The number of carbonyl (C=O) groups excluding carboxylic acids is 10. The highest BCUT2D eigenvalue weighted by Gasteiger charge is 2.43. The van der Waals surface area contributed by atoms with Crippen molar-refractivity contribution in [3.05, 3.63) is 77.7 Å². The molecule has 0 spiro atoms. The number of amides is 11. The third kappa shape index (κ3) is 23.5. The van der Waals surface area contributed by atoms with Crippen LogP contribution in [-0.2, 0) is 83.2 Å². The number of para-hydroxylation sites is 1. The number of aromatic hydroxyl groups is 1. The second-order valence-electron chi connectivity index (χ2n) is 23.3. The van der Waals surface area contributed by atoms with Crippen LogP contribution in [0.1, 0.15) is 88.5 Å². The van der Waals surface area contributed by atoms with E-state index in [4.69, 9.17) is 31.1 Å². The average molecular weight is 1330 g/mol. The fraction of sp³-hybridized carbons (Fsp3) is 0.557. The molecular weight excluding hydrogens is 1240 g/mol. The summed E-state index contributed by atoms with van der Waals surface area (Å²) in [5.41, 5.74) is 13.2. The van der Waals surface area contributed by atoms with Gasteiger partial charge in [0.15, 0.2) is 5.96 Å². The van der Waals surface area contributed by atoms with Crippen molar-refractivity contribution < 1.29 is 67.3 Å². The number of unbranched alkanes of at least 4 members (excludes halogenated alkanes) is 1. The van der Waals surface area contributed by atoms with Crippen molar-refractivity contribution in [1.82, 2.24) is 78.5 Å². The first-order valence-corrected chi connectivity index (χ1v) is 32.6. The van der Waals surface area contributed by atoms with Crippen molar-refractivity contribution in [3.63, 3.8) is 0 Å². The van der Waals surface area contributed by atoms with Crippen LogP contribution in [0.4, 0.5) is 4.79 Å². The minimum absolute atomic E-state index is 0.0171. The second kappa shape index (κ2) is 37.0. The summed E-state index contributed by atoms with van der Waals surface area (Å²) >= 11 is 1.85.